The first-order valence-electron chi connectivity index (χ1n) is 6.67. The molecule has 0 saturated carbocycles. The van der Waals surface area contributed by atoms with E-state index in [-0.39, 0.29) is 16.7 Å². The first-order chi connectivity index (χ1) is 10.4. The maximum Gasteiger partial charge on any atom is 0.245 e. The number of amides is 3. The summed E-state index contributed by atoms with van der Waals surface area (Å²) < 4.78 is 0. The molecule has 3 amide bonds. The van der Waals surface area contributed by atoms with Crippen molar-refractivity contribution in [2.24, 2.45) is 28.7 Å². The van der Waals surface area contributed by atoms with Crippen molar-refractivity contribution in [1.82, 2.24) is 5.32 Å². The maximum absolute atomic E-state index is 11.2. The van der Waals surface area contributed by atoms with Crippen molar-refractivity contribution in [1.29, 1.82) is 0 Å². The number of hydrogen-bond acceptors (Lipinski definition) is 6. The molecule has 23 heavy (non-hydrogen) atoms. The highest BCUT2D eigenvalue weighted by molar-refractivity contribution is 5.92. The van der Waals surface area contributed by atoms with E-state index in [4.69, 9.17) is 28.7 Å². The van der Waals surface area contributed by atoms with Crippen molar-refractivity contribution < 1.29 is 14.4 Å². The molecule has 128 valence electrons. The van der Waals surface area contributed by atoms with E-state index in [9.17, 15) is 14.4 Å². The predicted molar refractivity (Wildman–Crippen MR) is 86.9 cm³/mol. The largest absolute Gasteiger partial charge is 0.368 e. The highest BCUT2D eigenvalue weighted by atomic mass is 16.2. The molecule has 2 unspecified atom stereocenters. The first-order valence-corrected chi connectivity index (χ1v) is 6.67. The minimum Gasteiger partial charge on any atom is -0.368 e. The predicted octanol–water partition coefficient (Wildman–Crippen LogP) is -2.19. The molecule has 0 aliphatic heterocycles. The molecule has 0 aromatic rings. The smallest absolute Gasteiger partial charge is 0.245 e. The van der Waals surface area contributed by atoms with Crippen LogP contribution >= 0.6 is 0 Å². The van der Waals surface area contributed by atoms with Gasteiger partial charge in [0.1, 0.15) is 5.66 Å². The van der Waals surface area contributed by atoms with Gasteiger partial charge in [-0.25, -0.2) is 0 Å². The maximum atomic E-state index is 11.2. The first kappa shape index (κ1) is 20.3. The van der Waals surface area contributed by atoms with Gasteiger partial charge in [0, 0.05) is 22.9 Å². The summed E-state index contributed by atoms with van der Waals surface area (Å²) in [7, 11) is 0. The molecule has 2 atom stereocenters. The monoisotopic (exact) mass is 324 g/mol. The molecule has 0 aromatic carbocycles. The Labute approximate surface area is 134 Å². The van der Waals surface area contributed by atoms with Crippen molar-refractivity contribution in [3.8, 4) is 0 Å². The summed E-state index contributed by atoms with van der Waals surface area (Å²) in [4.78, 5) is 33.4. The van der Waals surface area contributed by atoms with E-state index in [1.165, 1.54) is 39.1 Å². The molecular weight excluding hydrogens is 300 g/mol. The van der Waals surface area contributed by atoms with Crippen LogP contribution in [0.5, 0.6) is 0 Å². The van der Waals surface area contributed by atoms with Gasteiger partial charge >= 0.3 is 0 Å². The molecule has 0 fully saturated rings. The quantitative estimate of drug-likeness (QED) is 0.217. The second-order valence-electron chi connectivity index (χ2n) is 5.20. The van der Waals surface area contributed by atoms with E-state index in [1.807, 2.05) is 0 Å². The van der Waals surface area contributed by atoms with Gasteiger partial charge in [0.05, 0.1) is 6.04 Å². The molecule has 0 spiro atoms. The van der Waals surface area contributed by atoms with Crippen LogP contribution in [0.3, 0.4) is 0 Å². The van der Waals surface area contributed by atoms with E-state index in [0.29, 0.717) is 0 Å². The van der Waals surface area contributed by atoms with Crippen LogP contribution in [0.2, 0.25) is 0 Å². The third-order valence-electron chi connectivity index (χ3n) is 3.14. The number of hydrogen-bond donors (Lipinski definition) is 6. The minimum absolute atomic E-state index is 0.144. The second kappa shape index (κ2) is 8.11. The summed E-state index contributed by atoms with van der Waals surface area (Å²) in [5.41, 5.74) is 26.6. The van der Waals surface area contributed by atoms with Crippen LogP contribution in [0.15, 0.2) is 35.1 Å². The average molecular weight is 324 g/mol. The highest BCUT2D eigenvalue weighted by Crippen LogP contribution is 2.11. The van der Waals surface area contributed by atoms with Crippen LogP contribution in [0, 0.1) is 0 Å². The summed E-state index contributed by atoms with van der Waals surface area (Å²) >= 11 is 0. The third-order valence-corrected chi connectivity index (χ3v) is 3.14. The van der Waals surface area contributed by atoms with Crippen molar-refractivity contribution >= 4 is 17.7 Å². The molecule has 0 rings (SSSR count). The number of carbonyl (C=O) groups excluding carboxylic acids is 3. The third kappa shape index (κ3) is 6.32. The standard InChI is InChI=1S/C14H24N6O3/c1-7(11(16)21)4-10(15)14(19,5-8(2)12(17)22)20-6-9(3)13(18)23/h4-6,10,20H,15,19H2,1-3H3,(H2,16,21)(H2,17,22)(H2,18,23). The molecule has 0 aliphatic rings. The van der Waals surface area contributed by atoms with Crippen molar-refractivity contribution in [3.05, 3.63) is 35.1 Å². The number of nitrogens with one attached hydrogen (secondary N) is 1. The number of rotatable bonds is 8. The number of primary amides is 3. The van der Waals surface area contributed by atoms with Crippen LogP contribution in [-0.4, -0.2) is 29.4 Å². The lowest BCUT2D eigenvalue weighted by Gasteiger charge is -2.32. The Morgan fingerprint density at radius 1 is 0.913 bits per heavy atom. The Bertz CT molecular complexity index is 593. The van der Waals surface area contributed by atoms with E-state index in [1.54, 1.807) is 0 Å². The molecule has 0 bridgehead atoms. The molecule has 0 aromatic heterocycles. The fraction of sp³-hybridized carbons (Fsp3) is 0.357. The zero-order valence-corrected chi connectivity index (χ0v) is 13.4. The Morgan fingerprint density at radius 2 is 1.35 bits per heavy atom. The van der Waals surface area contributed by atoms with Gasteiger partial charge in [-0.15, -0.1) is 0 Å². The minimum atomic E-state index is -1.51. The van der Waals surface area contributed by atoms with Gasteiger partial charge < -0.3 is 34.0 Å². The molecule has 0 radical (unpaired) electrons. The fourth-order valence-corrected chi connectivity index (χ4v) is 1.46. The van der Waals surface area contributed by atoms with Crippen LogP contribution < -0.4 is 34.0 Å². The molecule has 0 saturated heterocycles. The Balaban J connectivity index is 5.80. The Hall–Kier alpha value is -2.65. The molecule has 11 N–H and O–H groups in total. The molecular formula is C14H24N6O3. The van der Waals surface area contributed by atoms with Gasteiger partial charge in [0.15, 0.2) is 0 Å². The summed E-state index contributed by atoms with van der Waals surface area (Å²) in [5, 5.41) is 2.72. The topological polar surface area (TPSA) is 193 Å². The fourth-order valence-electron chi connectivity index (χ4n) is 1.46. The molecule has 9 heteroatoms. The number of nitrogens with two attached hydrogens (primary N) is 5. The molecule has 0 heterocycles. The van der Waals surface area contributed by atoms with Crippen molar-refractivity contribution in [2.45, 2.75) is 32.5 Å². The summed E-state index contributed by atoms with van der Waals surface area (Å²) in [6.07, 6.45) is 3.91. The van der Waals surface area contributed by atoms with Crippen molar-refractivity contribution in [3.63, 3.8) is 0 Å². The number of carbonyl (C=O) groups is 3. The Kier molecular flexibility index (Phi) is 7.17. The normalized spacial score (nSPS) is 17.2. The average Bonchev–Trinajstić information content (AvgIpc) is 2.43. The van der Waals surface area contributed by atoms with Gasteiger partial charge in [0.2, 0.25) is 17.7 Å². The highest BCUT2D eigenvalue weighted by Gasteiger charge is 2.29. The van der Waals surface area contributed by atoms with Crippen LogP contribution in [-0.2, 0) is 14.4 Å². The van der Waals surface area contributed by atoms with Crippen LogP contribution in [0.4, 0.5) is 0 Å². The van der Waals surface area contributed by atoms with E-state index >= 15 is 0 Å². The van der Waals surface area contributed by atoms with Crippen molar-refractivity contribution in [2.75, 3.05) is 0 Å². The van der Waals surface area contributed by atoms with Gasteiger partial charge in [-0.2, -0.15) is 0 Å². The van der Waals surface area contributed by atoms with E-state index < -0.39 is 29.4 Å². The van der Waals surface area contributed by atoms with Gasteiger partial charge in [-0.3, -0.25) is 14.4 Å². The van der Waals surface area contributed by atoms with Gasteiger partial charge in [-0.1, -0.05) is 6.08 Å². The molecule has 0 aliphatic carbocycles. The van der Waals surface area contributed by atoms with E-state index in [0.717, 1.165) is 0 Å². The summed E-state index contributed by atoms with van der Waals surface area (Å²) in [6, 6.07) is -0.957. The lowest BCUT2D eigenvalue weighted by molar-refractivity contribution is -0.115. The van der Waals surface area contributed by atoms with Crippen LogP contribution in [0.1, 0.15) is 20.8 Å². The zero-order chi connectivity index (χ0) is 18.4. The summed E-state index contributed by atoms with van der Waals surface area (Å²) in [5.74, 6) is -2.02. The Morgan fingerprint density at radius 3 is 1.74 bits per heavy atom. The SMILES string of the molecule is CC(=CNC(N)(C=C(C)C(N)=O)C(N)C=C(C)C(N)=O)C(N)=O. The lowest BCUT2D eigenvalue weighted by atomic mass is 9.96. The van der Waals surface area contributed by atoms with Gasteiger partial charge in [-0.05, 0) is 26.8 Å². The van der Waals surface area contributed by atoms with Crippen LogP contribution in [0.25, 0.3) is 0 Å². The summed E-state index contributed by atoms with van der Waals surface area (Å²) in [6.45, 7) is 4.39. The van der Waals surface area contributed by atoms with Gasteiger partial charge in [0.25, 0.3) is 0 Å². The lowest BCUT2D eigenvalue weighted by Crippen LogP contribution is -2.62. The van der Waals surface area contributed by atoms with E-state index in [2.05, 4.69) is 5.32 Å². The zero-order valence-electron chi connectivity index (χ0n) is 13.4. The second-order valence-corrected chi connectivity index (χ2v) is 5.20. The molecule has 9 nitrogen and oxygen atoms in total.